The number of furan rings is 2. The number of hydrogen-bond acceptors (Lipinski definition) is 4. The minimum atomic E-state index is -0.605. The molecule has 22 rings (SSSR count). The molecule has 0 N–H and O–H groups in total. The van der Waals surface area contributed by atoms with Gasteiger partial charge in [0.2, 0.25) is 0 Å². The first kappa shape index (κ1) is 59.7. The van der Waals surface area contributed by atoms with Crippen molar-refractivity contribution in [1.29, 1.82) is 0 Å². The van der Waals surface area contributed by atoms with Crippen LogP contribution in [-0.2, 0) is 21.7 Å². The maximum Gasteiger partial charge on any atom is 0.252 e. The van der Waals surface area contributed by atoms with E-state index in [1.165, 1.54) is 22.3 Å². The van der Waals surface area contributed by atoms with E-state index in [1.54, 1.807) is 4.57 Å². The predicted octanol–water partition coefficient (Wildman–Crippen LogP) is 27.4. The van der Waals surface area contributed by atoms with Crippen LogP contribution in [0.15, 0.2) is 312 Å². The number of anilines is 6. The zero-order valence-electron chi connectivity index (χ0n) is 73.9. The van der Waals surface area contributed by atoms with Gasteiger partial charge in [0.05, 0.1) is 71.9 Å². The summed E-state index contributed by atoms with van der Waals surface area (Å²) in [6, 6.07) is 88.1. The molecule has 0 unspecified atom stereocenters. The van der Waals surface area contributed by atoms with E-state index in [0.717, 1.165) is 138 Å². The second-order valence-electron chi connectivity index (χ2n) is 35.5. The quantitative estimate of drug-likeness (QED) is 0.149. The lowest BCUT2D eigenvalue weighted by Crippen LogP contribution is -2.61. The lowest BCUT2D eigenvalue weighted by molar-refractivity contribution is 0.590. The molecule has 7 nitrogen and oxygen atoms in total. The summed E-state index contributed by atoms with van der Waals surface area (Å²) in [6.45, 7) is 26.6. The summed E-state index contributed by atoms with van der Waals surface area (Å²) in [5, 5.41) is 7.90. The third-order valence-corrected chi connectivity index (χ3v) is 24.5. The van der Waals surface area contributed by atoms with Gasteiger partial charge in [-0.3, -0.25) is 0 Å². The molecule has 0 aliphatic carbocycles. The Hall–Kier alpha value is -13.0. The van der Waals surface area contributed by atoms with E-state index < -0.39 is 55.1 Å². The van der Waals surface area contributed by atoms with E-state index in [0.29, 0.717) is 39.4 Å². The molecule has 2 aliphatic heterocycles. The Morgan fingerprint density at radius 2 is 0.623 bits per heavy atom. The summed E-state index contributed by atoms with van der Waals surface area (Å²) in [6.07, 6.45) is 0. The zero-order valence-corrected chi connectivity index (χ0v) is 65.9. The van der Waals surface area contributed by atoms with Crippen LogP contribution >= 0.6 is 0 Å². The van der Waals surface area contributed by atoms with E-state index in [-0.39, 0.29) is 43.5 Å². The van der Waals surface area contributed by atoms with Crippen LogP contribution in [0.1, 0.15) is 116 Å². The van der Waals surface area contributed by atoms with Gasteiger partial charge in [-0.05, 0) is 205 Å². The maximum absolute atomic E-state index is 10.3. The van der Waals surface area contributed by atoms with Crippen molar-refractivity contribution in [2.45, 2.75) is 105 Å². The van der Waals surface area contributed by atoms with Gasteiger partial charge in [-0.2, -0.15) is 0 Å². The Labute approximate surface area is 675 Å². The van der Waals surface area contributed by atoms with Crippen LogP contribution in [-0.4, -0.2) is 20.4 Å². The molecule has 550 valence electrons. The first-order chi connectivity index (χ1) is 58.4. The largest absolute Gasteiger partial charge is 0.456 e. The van der Waals surface area contributed by atoms with Crippen LogP contribution in [0.2, 0.25) is 0 Å². The molecule has 0 amide bonds. The molecule has 0 saturated heterocycles. The van der Waals surface area contributed by atoms with Crippen molar-refractivity contribution >= 4 is 167 Å². The van der Waals surface area contributed by atoms with Gasteiger partial charge in [0.15, 0.2) is 0 Å². The monoisotopic (exact) mass is 1480 g/mol. The van der Waals surface area contributed by atoms with Gasteiger partial charge in [-0.15, -0.1) is 0 Å². The van der Waals surface area contributed by atoms with Gasteiger partial charge >= 0.3 is 0 Å². The zero-order chi connectivity index (χ0) is 84.3. The molecule has 5 aromatic heterocycles. The van der Waals surface area contributed by atoms with Crippen molar-refractivity contribution in [2.24, 2.45) is 0 Å². The second-order valence-corrected chi connectivity index (χ2v) is 35.5. The number of aromatic nitrogens is 3. The van der Waals surface area contributed by atoms with Gasteiger partial charge in [0.1, 0.15) is 22.3 Å². The molecule has 0 bridgehead atoms. The molecular weight excluding hydrogens is 1390 g/mol. The lowest BCUT2D eigenvalue weighted by atomic mass is 9.33. The van der Waals surface area contributed by atoms with E-state index >= 15 is 0 Å². The number of benzene rings is 15. The van der Waals surface area contributed by atoms with Gasteiger partial charge in [-0.1, -0.05) is 253 Å². The van der Waals surface area contributed by atoms with Gasteiger partial charge in [-0.25, -0.2) is 0 Å². The van der Waals surface area contributed by atoms with E-state index in [9.17, 15) is 11.0 Å². The summed E-state index contributed by atoms with van der Waals surface area (Å²) in [5.74, 6) is 0. The van der Waals surface area contributed by atoms with Gasteiger partial charge in [0.25, 0.3) is 6.71 Å². The van der Waals surface area contributed by atoms with Crippen LogP contribution in [0.4, 0.5) is 34.1 Å². The van der Waals surface area contributed by atoms with Crippen LogP contribution < -0.4 is 26.2 Å². The number of rotatable bonds is 7. The number of nitrogens with zero attached hydrogens (tertiary/aromatic N) is 5. The third kappa shape index (κ3) is 10.1. The number of hydrogen-bond donors (Lipinski definition) is 0. The molecule has 0 saturated carbocycles. The van der Waals surface area contributed by atoms with Crippen molar-refractivity contribution in [2.75, 3.05) is 9.80 Å². The molecule has 0 fully saturated rings. The Balaban J connectivity index is 0.968. The molecule has 2 aliphatic rings. The standard InChI is InChI=1S/C106H86BN5O2/c1-103(2,3)65-39-49-86-78(55-65)79-56-66(104(4,5)6)40-50-87(79)108(86)69-43-47-82-90(59-69)111(101-72(63-27-15-13-16-28-63)45-53-96-98(101)76-33-21-25-37-94(76)113-96)92-61-71(110-84-35-23-19-31-74(84)75-32-20-24-36-85(75)110)62-93-100(92)107(82)83-48-44-70(109-88-51-41-67(105(7,8)9)57-80(88)81-58-68(106(10,11)12)42-52-89(81)109)60-91(83)112(93)102-73(64-29-17-14-18-30-64)46-54-97-99(102)77-34-22-26-38-95(77)114-97/h13-62H,1-12H3/i19D,20D,23D,24D,31D,32D,35D,36D. The highest BCUT2D eigenvalue weighted by Gasteiger charge is 2.47. The van der Waals surface area contributed by atoms with Crippen molar-refractivity contribution in [3.05, 3.63) is 325 Å². The van der Waals surface area contributed by atoms with Crippen molar-refractivity contribution in [3.8, 4) is 39.3 Å². The van der Waals surface area contributed by atoms with Crippen molar-refractivity contribution < 1.29 is 19.8 Å². The van der Waals surface area contributed by atoms with E-state index in [2.05, 4.69) is 320 Å². The highest BCUT2D eigenvalue weighted by atomic mass is 16.3. The minimum Gasteiger partial charge on any atom is -0.456 e. The lowest BCUT2D eigenvalue weighted by Gasteiger charge is -2.45. The van der Waals surface area contributed by atoms with E-state index in [4.69, 9.17) is 8.83 Å². The van der Waals surface area contributed by atoms with Crippen LogP contribution in [0, 0.1) is 0 Å². The first-order valence-electron chi connectivity index (χ1n) is 43.7. The second kappa shape index (κ2) is 24.2. The first-order valence-corrected chi connectivity index (χ1v) is 39.7. The topological polar surface area (TPSA) is 47.6 Å². The fraction of sp³-hybridized carbons (Fsp3) is 0.151. The SMILES string of the molecule is [2H]c1c([2H])c([2H])c2c(c1[2H])c1c([2H])c([2H])c([2H])c([2H])c1n2-c1cc2c3c(c1)N(c1c(-c4ccccc4)ccc4oc5ccccc5c14)c1cc(-n4c5ccc(C(C)(C)C)cc5c5cc(C(C)(C)C)ccc54)ccc1B3c1ccc(-n3c4ccc(C(C)(C)C)cc4c4cc(C(C)(C)C)ccc43)cc1N2c1c(-c2ccccc2)ccc2oc3ccccc3c12. The minimum absolute atomic E-state index is 0.0104. The summed E-state index contributed by atoms with van der Waals surface area (Å²) in [7, 11) is 0. The van der Waals surface area contributed by atoms with Gasteiger partial charge < -0.3 is 32.3 Å². The molecule has 0 radical (unpaired) electrons. The van der Waals surface area contributed by atoms with Crippen LogP contribution in [0.25, 0.3) is 149 Å². The molecule has 114 heavy (non-hydrogen) atoms. The Kier molecular flexibility index (Phi) is 12.7. The third-order valence-electron chi connectivity index (χ3n) is 24.5. The van der Waals surface area contributed by atoms with Crippen molar-refractivity contribution in [1.82, 2.24) is 13.7 Å². The molecule has 0 atom stereocenters. The van der Waals surface area contributed by atoms with E-state index in [1.807, 2.05) is 36.4 Å². The van der Waals surface area contributed by atoms with Crippen LogP contribution in [0.5, 0.6) is 0 Å². The molecule has 20 aromatic rings. The highest BCUT2D eigenvalue weighted by molar-refractivity contribution is 7.00. The van der Waals surface area contributed by atoms with Gasteiger partial charge in [0, 0.05) is 88.3 Å². The normalized spacial score (nSPS) is 14.4. The number of para-hydroxylation sites is 4. The summed E-state index contributed by atoms with van der Waals surface area (Å²) in [4.78, 5) is 4.84. The Morgan fingerprint density at radius 1 is 0.281 bits per heavy atom. The fourth-order valence-corrected chi connectivity index (χ4v) is 18.8. The average Bonchev–Trinajstić information content (AvgIpc) is 1.10. The molecule has 7 heterocycles. The summed E-state index contributed by atoms with van der Waals surface area (Å²) >= 11 is 0. The molecule has 15 aromatic carbocycles. The number of fused-ring (bicyclic) bond motifs is 19. The van der Waals surface area contributed by atoms with Crippen LogP contribution in [0.3, 0.4) is 0 Å². The highest BCUT2D eigenvalue weighted by Crippen LogP contribution is 2.56. The Morgan fingerprint density at radius 3 is 1.00 bits per heavy atom. The molecule has 0 spiro atoms. The fourth-order valence-electron chi connectivity index (χ4n) is 18.8. The summed E-state index contributed by atoms with van der Waals surface area (Å²) < 4.78 is 99.5. The summed E-state index contributed by atoms with van der Waals surface area (Å²) in [5.41, 5.74) is 24.3. The molecular formula is C106H86BN5O2. The smallest absolute Gasteiger partial charge is 0.252 e. The molecule has 8 heteroatoms. The maximum atomic E-state index is 10.3. The van der Waals surface area contributed by atoms with Crippen molar-refractivity contribution in [3.63, 3.8) is 0 Å². The predicted molar refractivity (Wildman–Crippen MR) is 484 cm³/mol. The Bertz CT molecular complexity index is 7400. The average molecular weight is 1480 g/mol.